The van der Waals surface area contributed by atoms with Gasteiger partial charge in [0.15, 0.2) is 0 Å². The van der Waals surface area contributed by atoms with Gasteiger partial charge >= 0.3 is 0 Å². The molecule has 2 N–H and O–H groups in total. The van der Waals surface area contributed by atoms with Crippen LogP contribution in [0.3, 0.4) is 0 Å². The molecule has 138 valence electrons. The molecule has 0 aliphatic heterocycles. The SMILES string of the molecule is Cc1ccc(OCCCC(=O)NCCNc2ccc([N+](=O)[O-])cc2)cc1. The van der Waals surface area contributed by atoms with E-state index in [1.807, 2.05) is 31.2 Å². The molecule has 7 nitrogen and oxygen atoms in total. The highest BCUT2D eigenvalue weighted by molar-refractivity contribution is 5.75. The number of amides is 1. The van der Waals surface area contributed by atoms with Crippen LogP contribution in [-0.4, -0.2) is 30.5 Å². The van der Waals surface area contributed by atoms with Crippen molar-refractivity contribution in [1.82, 2.24) is 5.32 Å². The number of nitrogens with one attached hydrogen (secondary N) is 2. The van der Waals surface area contributed by atoms with Crippen LogP contribution in [-0.2, 0) is 4.79 Å². The smallest absolute Gasteiger partial charge is 0.269 e. The first kappa shape index (κ1) is 19.2. The number of benzene rings is 2. The van der Waals surface area contributed by atoms with Gasteiger partial charge in [-0.15, -0.1) is 0 Å². The van der Waals surface area contributed by atoms with Crippen molar-refractivity contribution in [2.75, 3.05) is 25.0 Å². The fourth-order valence-corrected chi connectivity index (χ4v) is 2.26. The van der Waals surface area contributed by atoms with E-state index in [2.05, 4.69) is 10.6 Å². The van der Waals surface area contributed by atoms with Gasteiger partial charge in [0.05, 0.1) is 11.5 Å². The summed E-state index contributed by atoms with van der Waals surface area (Å²) in [4.78, 5) is 21.9. The lowest BCUT2D eigenvalue weighted by atomic mass is 10.2. The van der Waals surface area contributed by atoms with Crippen LogP contribution in [0.2, 0.25) is 0 Å². The van der Waals surface area contributed by atoms with Crippen molar-refractivity contribution in [3.8, 4) is 5.75 Å². The molecule has 2 rings (SSSR count). The number of anilines is 1. The number of nitrogens with zero attached hydrogens (tertiary/aromatic N) is 1. The Hall–Kier alpha value is -3.09. The van der Waals surface area contributed by atoms with Crippen molar-refractivity contribution in [2.24, 2.45) is 0 Å². The van der Waals surface area contributed by atoms with E-state index in [4.69, 9.17) is 4.74 Å². The zero-order chi connectivity index (χ0) is 18.8. The van der Waals surface area contributed by atoms with Gasteiger partial charge in [-0.05, 0) is 37.6 Å². The van der Waals surface area contributed by atoms with Gasteiger partial charge in [0, 0.05) is 37.3 Å². The van der Waals surface area contributed by atoms with Gasteiger partial charge in [0.25, 0.3) is 5.69 Å². The molecule has 0 unspecified atom stereocenters. The molecule has 2 aromatic carbocycles. The van der Waals surface area contributed by atoms with Gasteiger partial charge < -0.3 is 15.4 Å². The molecular weight excluding hydrogens is 334 g/mol. The Labute approximate surface area is 152 Å². The third-order valence-corrected chi connectivity index (χ3v) is 3.69. The van der Waals surface area contributed by atoms with Gasteiger partial charge in [0.2, 0.25) is 5.91 Å². The molecular formula is C19H23N3O4. The minimum atomic E-state index is -0.438. The number of carbonyl (C=O) groups is 1. The standard InChI is InChI=1S/C19H23N3O4/c1-15-4-10-18(11-5-15)26-14-2-3-19(23)21-13-12-20-16-6-8-17(9-7-16)22(24)25/h4-11,20H,2-3,12-14H2,1H3,(H,21,23). The van der Waals surface area contributed by atoms with Crippen LogP contribution in [0.15, 0.2) is 48.5 Å². The average Bonchev–Trinajstić information content (AvgIpc) is 2.64. The van der Waals surface area contributed by atoms with E-state index in [1.165, 1.54) is 17.7 Å². The van der Waals surface area contributed by atoms with Crippen LogP contribution in [0.1, 0.15) is 18.4 Å². The van der Waals surface area contributed by atoms with Gasteiger partial charge in [-0.25, -0.2) is 0 Å². The predicted molar refractivity (Wildman–Crippen MR) is 101 cm³/mol. The molecule has 0 aliphatic rings. The average molecular weight is 357 g/mol. The van der Waals surface area contributed by atoms with Crippen LogP contribution in [0.4, 0.5) is 11.4 Å². The lowest BCUT2D eigenvalue weighted by molar-refractivity contribution is -0.384. The van der Waals surface area contributed by atoms with Crippen molar-refractivity contribution in [3.05, 3.63) is 64.2 Å². The molecule has 2 aromatic rings. The second-order valence-electron chi connectivity index (χ2n) is 5.85. The first-order valence-electron chi connectivity index (χ1n) is 8.49. The van der Waals surface area contributed by atoms with Crippen LogP contribution in [0.5, 0.6) is 5.75 Å². The van der Waals surface area contributed by atoms with E-state index in [0.29, 0.717) is 32.5 Å². The fourth-order valence-electron chi connectivity index (χ4n) is 2.26. The summed E-state index contributed by atoms with van der Waals surface area (Å²) in [6.07, 6.45) is 1.05. The summed E-state index contributed by atoms with van der Waals surface area (Å²) < 4.78 is 5.58. The van der Waals surface area contributed by atoms with E-state index < -0.39 is 4.92 Å². The molecule has 26 heavy (non-hydrogen) atoms. The normalized spacial score (nSPS) is 10.2. The Kier molecular flexibility index (Phi) is 7.42. The van der Waals surface area contributed by atoms with Crippen LogP contribution < -0.4 is 15.4 Å². The van der Waals surface area contributed by atoms with Crippen molar-refractivity contribution in [1.29, 1.82) is 0 Å². The number of hydrogen-bond donors (Lipinski definition) is 2. The predicted octanol–water partition coefficient (Wildman–Crippen LogP) is 3.29. The highest BCUT2D eigenvalue weighted by Gasteiger charge is 2.04. The molecule has 0 atom stereocenters. The Bertz CT molecular complexity index is 715. The van der Waals surface area contributed by atoms with Gasteiger partial charge in [0.1, 0.15) is 5.75 Å². The highest BCUT2D eigenvalue weighted by Crippen LogP contribution is 2.15. The monoisotopic (exact) mass is 357 g/mol. The van der Waals surface area contributed by atoms with Crippen molar-refractivity contribution >= 4 is 17.3 Å². The molecule has 0 bridgehead atoms. The summed E-state index contributed by atoms with van der Waals surface area (Å²) in [5, 5.41) is 16.5. The Morgan fingerprint density at radius 1 is 1.08 bits per heavy atom. The Morgan fingerprint density at radius 3 is 2.42 bits per heavy atom. The molecule has 0 saturated heterocycles. The molecule has 0 aromatic heterocycles. The topological polar surface area (TPSA) is 93.5 Å². The molecule has 0 radical (unpaired) electrons. The summed E-state index contributed by atoms with van der Waals surface area (Å²) >= 11 is 0. The number of ether oxygens (including phenoxy) is 1. The Morgan fingerprint density at radius 2 is 1.77 bits per heavy atom. The third kappa shape index (κ3) is 6.80. The summed E-state index contributed by atoms with van der Waals surface area (Å²) in [6.45, 7) is 3.54. The number of rotatable bonds is 10. The number of hydrogen-bond acceptors (Lipinski definition) is 5. The summed E-state index contributed by atoms with van der Waals surface area (Å²) in [5.74, 6) is 0.784. The second kappa shape index (κ2) is 10.0. The van der Waals surface area contributed by atoms with Crippen molar-refractivity contribution in [2.45, 2.75) is 19.8 Å². The summed E-state index contributed by atoms with van der Waals surface area (Å²) in [6, 6.07) is 14.0. The first-order valence-corrected chi connectivity index (χ1v) is 8.49. The maximum Gasteiger partial charge on any atom is 0.269 e. The zero-order valence-corrected chi connectivity index (χ0v) is 14.7. The molecule has 7 heteroatoms. The van der Waals surface area contributed by atoms with E-state index in [1.54, 1.807) is 12.1 Å². The minimum absolute atomic E-state index is 0.0250. The number of aryl methyl sites for hydroxylation is 1. The van der Waals surface area contributed by atoms with E-state index >= 15 is 0 Å². The number of nitro groups is 1. The third-order valence-electron chi connectivity index (χ3n) is 3.69. The van der Waals surface area contributed by atoms with Gasteiger partial charge in [-0.3, -0.25) is 14.9 Å². The van der Waals surface area contributed by atoms with Gasteiger partial charge in [-0.1, -0.05) is 17.7 Å². The van der Waals surface area contributed by atoms with E-state index in [-0.39, 0.29) is 11.6 Å². The molecule has 1 amide bonds. The van der Waals surface area contributed by atoms with Crippen LogP contribution in [0.25, 0.3) is 0 Å². The van der Waals surface area contributed by atoms with Crippen LogP contribution in [0, 0.1) is 17.0 Å². The molecule has 0 aliphatic carbocycles. The first-order chi connectivity index (χ1) is 12.5. The van der Waals surface area contributed by atoms with Crippen molar-refractivity contribution in [3.63, 3.8) is 0 Å². The lowest BCUT2D eigenvalue weighted by Crippen LogP contribution is -2.28. The highest BCUT2D eigenvalue weighted by atomic mass is 16.6. The molecule has 0 spiro atoms. The Balaban J connectivity index is 1.54. The maximum absolute atomic E-state index is 11.8. The zero-order valence-electron chi connectivity index (χ0n) is 14.7. The maximum atomic E-state index is 11.8. The molecule has 0 saturated carbocycles. The largest absolute Gasteiger partial charge is 0.494 e. The number of nitro benzene ring substituents is 1. The summed E-state index contributed by atoms with van der Waals surface area (Å²) in [5.41, 5.74) is 2.01. The summed E-state index contributed by atoms with van der Waals surface area (Å²) in [7, 11) is 0. The quantitative estimate of drug-likeness (QED) is 0.387. The number of non-ortho nitro benzene ring substituents is 1. The van der Waals surface area contributed by atoms with E-state index in [9.17, 15) is 14.9 Å². The second-order valence-corrected chi connectivity index (χ2v) is 5.85. The number of carbonyl (C=O) groups excluding carboxylic acids is 1. The van der Waals surface area contributed by atoms with Crippen molar-refractivity contribution < 1.29 is 14.5 Å². The lowest BCUT2D eigenvalue weighted by Gasteiger charge is -2.09. The minimum Gasteiger partial charge on any atom is -0.494 e. The molecule has 0 heterocycles. The van der Waals surface area contributed by atoms with Gasteiger partial charge in [-0.2, -0.15) is 0 Å². The van der Waals surface area contributed by atoms with E-state index in [0.717, 1.165) is 11.4 Å². The fraction of sp³-hybridized carbons (Fsp3) is 0.316. The van der Waals surface area contributed by atoms with Crippen LogP contribution >= 0.6 is 0 Å². The molecule has 0 fully saturated rings.